The van der Waals surface area contributed by atoms with Gasteiger partial charge in [0.15, 0.2) is 12.1 Å². The third kappa shape index (κ3) is 1.52. The molecule has 0 aromatic carbocycles. The minimum absolute atomic E-state index is 0.547. The number of hydrogen-bond acceptors (Lipinski definition) is 4. The molecule has 0 saturated heterocycles. The van der Waals surface area contributed by atoms with Crippen molar-refractivity contribution in [3.63, 3.8) is 0 Å². The van der Waals surface area contributed by atoms with E-state index >= 15 is 0 Å². The highest BCUT2D eigenvalue weighted by Crippen LogP contribution is 2.02. The summed E-state index contributed by atoms with van der Waals surface area (Å²) in [6.07, 6.45) is 3.83. The lowest BCUT2D eigenvalue weighted by Crippen LogP contribution is -1.98. The quantitative estimate of drug-likeness (QED) is 0.653. The number of aldehydes is 1. The first-order valence-corrected chi connectivity index (χ1v) is 4.09. The zero-order valence-electron chi connectivity index (χ0n) is 7.58. The van der Waals surface area contributed by atoms with E-state index < -0.39 is 0 Å². The molecule has 0 aliphatic carbocycles. The Morgan fingerprint density at radius 3 is 2.71 bits per heavy atom. The minimum Gasteiger partial charge on any atom is -0.298 e. The molecular weight excluding hydrogens is 180 g/mol. The molecule has 0 radical (unpaired) electrons. The Morgan fingerprint density at radius 2 is 2.21 bits per heavy atom. The Labute approximate surface area is 80.4 Å². The van der Waals surface area contributed by atoms with E-state index in [2.05, 4.69) is 15.1 Å². The van der Waals surface area contributed by atoms with Gasteiger partial charge in [0.05, 0.1) is 0 Å². The molecule has 14 heavy (non-hydrogen) atoms. The summed E-state index contributed by atoms with van der Waals surface area (Å²) in [6, 6.07) is 3.41. The van der Waals surface area contributed by atoms with Crippen LogP contribution in [0, 0.1) is 6.92 Å². The summed E-state index contributed by atoms with van der Waals surface area (Å²) < 4.78 is 1.56. The zero-order chi connectivity index (χ0) is 9.97. The number of carbonyl (C=O) groups is 1. The predicted octanol–water partition coefficient (Wildman–Crippen LogP) is 0.783. The maximum absolute atomic E-state index is 10.4. The molecular formula is C9H8N4O. The molecule has 5 nitrogen and oxygen atoms in total. The fourth-order valence-corrected chi connectivity index (χ4v) is 1.06. The molecule has 0 atom stereocenters. The largest absolute Gasteiger partial charge is 0.298 e. The second kappa shape index (κ2) is 3.37. The third-order valence-corrected chi connectivity index (χ3v) is 1.75. The van der Waals surface area contributed by atoms with Crippen LogP contribution in [0.3, 0.4) is 0 Å². The van der Waals surface area contributed by atoms with Crippen LogP contribution in [-0.4, -0.2) is 26.0 Å². The van der Waals surface area contributed by atoms with Gasteiger partial charge in [-0.3, -0.25) is 4.79 Å². The van der Waals surface area contributed by atoms with Crippen molar-refractivity contribution >= 4 is 6.29 Å². The van der Waals surface area contributed by atoms with E-state index in [0.717, 1.165) is 6.29 Å². The summed E-state index contributed by atoms with van der Waals surface area (Å²) >= 11 is 0. The first-order valence-electron chi connectivity index (χ1n) is 4.09. The van der Waals surface area contributed by atoms with Crippen LogP contribution in [0.4, 0.5) is 0 Å². The van der Waals surface area contributed by atoms with Crippen LogP contribution < -0.4 is 0 Å². The summed E-state index contributed by atoms with van der Waals surface area (Å²) in [6.45, 7) is 1.80. The van der Waals surface area contributed by atoms with Crippen molar-refractivity contribution in [1.29, 1.82) is 0 Å². The van der Waals surface area contributed by atoms with Crippen molar-refractivity contribution in [1.82, 2.24) is 19.7 Å². The summed E-state index contributed by atoms with van der Waals surface area (Å²) in [5.41, 5.74) is 0.547. The summed E-state index contributed by atoms with van der Waals surface area (Å²) in [5, 5.41) is 4.09. The van der Waals surface area contributed by atoms with Gasteiger partial charge in [0.2, 0.25) is 0 Å². The van der Waals surface area contributed by atoms with Crippen molar-refractivity contribution in [3.8, 4) is 5.82 Å². The molecule has 2 rings (SSSR count). The van der Waals surface area contributed by atoms with Gasteiger partial charge in [0, 0.05) is 11.8 Å². The smallest absolute Gasteiger partial charge is 0.155 e. The molecule has 0 saturated carbocycles. The van der Waals surface area contributed by atoms with Crippen LogP contribution in [0.2, 0.25) is 0 Å². The summed E-state index contributed by atoms with van der Waals surface area (Å²) in [7, 11) is 0. The van der Waals surface area contributed by atoms with Gasteiger partial charge >= 0.3 is 0 Å². The average molecular weight is 188 g/mol. The van der Waals surface area contributed by atoms with Gasteiger partial charge in [-0.05, 0) is 19.1 Å². The fourth-order valence-electron chi connectivity index (χ4n) is 1.06. The van der Waals surface area contributed by atoms with E-state index in [4.69, 9.17) is 0 Å². The second-order valence-electron chi connectivity index (χ2n) is 2.80. The summed E-state index contributed by atoms with van der Waals surface area (Å²) in [4.78, 5) is 18.4. The molecule has 2 aromatic rings. The van der Waals surface area contributed by atoms with Gasteiger partial charge < -0.3 is 0 Å². The Morgan fingerprint density at radius 1 is 1.36 bits per heavy atom. The highest BCUT2D eigenvalue weighted by atomic mass is 16.1. The highest BCUT2D eigenvalue weighted by molar-refractivity contribution is 5.74. The van der Waals surface area contributed by atoms with Gasteiger partial charge in [-0.2, -0.15) is 5.10 Å². The van der Waals surface area contributed by atoms with Crippen LogP contribution in [0.1, 0.15) is 16.2 Å². The Hall–Kier alpha value is -2.04. The van der Waals surface area contributed by atoms with Gasteiger partial charge in [-0.15, -0.1) is 0 Å². The maximum Gasteiger partial charge on any atom is 0.155 e. The van der Waals surface area contributed by atoms with E-state index in [1.807, 2.05) is 0 Å². The lowest BCUT2D eigenvalue weighted by molar-refractivity contribution is 0.112. The first kappa shape index (κ1) is 8.55. The number of nitrogens with zero attached hydrogens (tertiary/aromatic N) is 4. The second-order valence-corrected chi connectivity index (χ2v) is 2.80. The molecule has 0 unspecified atom stereocenters. The third-order valence-electron chi connectivity index (χ3n) is 1.75. The van der Waals surface area contributed by atoms with Crippen molar-refractivity contribution in [2.24, 2.45) is 0 Å². The van der Waals surface area contributed by atoms with E-state index in [1.54, 1.807) is 30.1 Å². The first-order chi connectivity index (χ1) is 6.79. The number of aromatic nitrogens is 4. The molecule has 2 aromatic heterocycles. The summed E-state index contributed by atoms with van der Waals surface area (Å²) in [5.74, 6) is 1.34. The lowest BCUT2D eigenvalue weighted by Gasteiger charge is -1.97. The Balaban J connectivity index is 2.38. The average Bonchev–Trinajstić information content (AvgIpc) is 2.65. The molecule has 0 N–H and O–H groups in total. The molecule has 0 amide bonds. The van der Waals surface area contributed by atoms with Crippen LogP contribution in [0.25, 0.3) is 5.82 Å². The SMILES string of the molecule is Cc1ncn(-c2ccc(C=O)cn2)n1. The van der Waals surface area contributed by atoms with E-state index in [9.17, 15) is 4.79 Å². The highest BCUT2D eigenvalue weighted by Gasteiger charge is 1.99. The lowest BCUT2D eigenvalue weighted by atomic mass is 10.3. The number of aryl methyl sites for hydroxylation is 1. The van der Waals surface area contributed by atoms with Crippen LogP contribution in [0.15, 0.2) is 24.7 Å². The molecule has 0 aliphatic heterocycles. The molecule has 0 spiro atoms. The standard InChI is InChI=1S/C9H8N4O/c1-7-11-6-13(12-7)9-3-2-8(5-14)4-10-9/h2-6H,1H3. The monoisotopic (exact) mass is 188 g/mol. The van der Waals surface area contributed by atoms with Crippen LogP contribution >= 0.6 is 0 Å². The van der Waals surface area contributed by atoms with Gasteiger partial charge in [-0.25, -0.2) is 14.6 Å². The normalized spacial score (nSPS) is 10.1. The van der Waals surface area contributed by atoms with E-state index in [-0.39, 0.29) is 0 Å². The minimum atomic E-state index is 0.547. The molecule has 0 aliphatic rings. The van der Waals surface area contributed by atoms with Gasteiger partial charge in [0.25, 0.3) is 0 Å². The maximum atomic E-state index is 10.4. The Bertz CT molecular complexity index is 446. The number of hydrogen-bond donors (Lipinski definition) is 0. The fraction of sp³-hybridized carbons (Fsp3) is 0.111. The number of rotatable bonds is 2. The Kier molecular flexibility index (Phi) is 2.06. The molecule has 5 heteroatoms. The van der Waals surface area contributed by atoms with Crippen molar-refractivity contribution in [3.05, 3.63) is 36.0 Å². The van der Waals surface area contributed by atoms with Crippen molar-refractivity contribution in [2.45, 2.75) is 6.92 Å². The number of pyridine rings is 1. The van der Waals surface area contributed by atoms with Crippen LogP contribution in [0.5, 0.6) is 0 Å². The number of carbonyl (C=O) groups excluding carboxylic acids is 1. The van der Waals surface area contributed by atoms with Crippen molar-refractivity contribution < 1.29 is 4.79 Å². The van der Waals surface area contributed by atoms with Gasteiger partial charge in [0.1, 0.15) is 12.2 Å². The molecule has 0 fully saturated rings. The molecule has 0 bridgehead atoms. The van der Waals surface area contributed by atoms with E-state index in [0.29, 0.717) is 17.2 Å². The van der Waals surface area contributed by atoms with Crippen molar-refractivity contribution in [2.75, 3.05) is 0 Å². The predicted molar refractivity (Wildman–Crippen MR) is 49.3 cm³/mol. The van der Waals surface area contributed by atoms with E-state index in [1.165, 1.54) is 6.20 Å². The zero-order valence-corrected chi connectivity index (χ0v) is 7.58. The molecule has 70 valence electrons. The van der Waals surface area contributed by atoms with Gasteiger partial charge in [-0.1, -0.05) is 0 Å². The topological polar surface area (TPSA) is 60.7 Å². The molecule has 2 heterocycles. The van der Waals surface area contributed by atoms with Crippen LogP contribution in [-0.2, 0) is 0 Å².